The average molecular weight is 2070 g/mol. The summed E-state index contributed by atoms with van der Waals surface area (Å²) >= 11 is 12.1. The molecule has 0 radical (unpaired) electrons. The number of aliphatic hydroxyl groups is 4. The minimum Gasteiger partial charge on any atom is -0.452 e. The topological polar surface area (TPSA) is 369 Å². The molecule has 0 spiro atoms. The Morgan fingerprint density at radius 2 is 0.714 bits per heavy atom. The molecule has 0 bridgehead atoms. The molecule has 6 fully saturated rings. The van der Waals surface area contributed by atoms with Crippen molar-refractivity contribution >= 4 is 138 Å². The summed E-state index contributed by atoms with van der Waals surface area (Å²) in [5.41, 5.74) is 14.0. The fourth-order valence-electron chi connectivity index (χ4n) is 25.4. The highest BCUT2D eigenvalue weighted by molar-refractivity contribution is 6.30. The number of aryl methyl sites for hydroxylation is 4. The molecule has 0 unspecified atom stereocenters. The highest BCUT2D eigenvalue weighted by Crippen LogP contribution is 2.52. The van der Waals surface area contributed by atoms with Gasteiger partial charge in [0.25, 0.3) is 0 Å². The van der Waals surface area contributed by atoms with Crippen LogP contribution in [0.25, 0.3) is 44.1 Å². The van der Waals surface area contributed by atoms with Gasteiger partial charge in [0.2, 0.25) is 11.8 Å². The Kier molecular flexibility index (Phi) is 32.9. The number of amides is 4. The van der Waals surface area contributed by atoms with Gasteiger partial charge in [0.15, 0.2) is 6.10 Å². The van der Waals surface area contributed by atoms with E-state index in [9.17, 15) is 76.3 Å². The molecule has 6 aromatic heterocycles. The first-order valence-electron chi connectivity index (χ1n) is 52.7. The van der Waals surface area contributed by atoms with Gasteiger partial charge in [-0.25, -0.2) is 56.7 Å². The lowest BCUT2D eigenvalue weighted by molar-refractivity contribution is -0.122. The molecular weight excluding hydrogens is 1930 g/mol. The second-order valence-electron chi connectivity index (χ2n) is 42.9. The number of fused-ring (bicyclic) bond motifs is 12. The van der Waals surface area contributed by atoms with Crippen molar-refractivity contribution in [1.82, 2.24) is 53.0 Å². The Balaban J connectivity index is 0.000000134. The van der Waals surface area contributed by atoms with Gasteiger partial charge < -0.3 is 57.6 Å². The van der Waals surface area contributed by atoms with Crippen LogP contribution in [-0.2, 0) is 70.4 Å². The molecular formula is C110H139Cl2F4N15O16. The number of pyridine rings is 1. The Labute approximate surface area is 863 Å². The molecule has 6 aliphatic carbocycles. The van der Waals surface area contributed by atoms with Crippen molar-refractivity contribution < 1.29 is 95.3 Å². The van der Waals surface area contributed by atoms with Crippen LogP contribution in [0.15, 0.2) is 79.3 Å². The molecule has 4 aliphatic heterocycles. The lowest BCUT2D eigenvalue weighted by Crippen LogP contribution is -2.42. The van der Waals surface area contributed by atoms with Gasteiger partial charge in [-0.3, -0.25) is 48.4 Å². The number of rotatable bonds is 18. The number of ketones is 4. The molecule has 16 atom stereocenters. The van der Waals surface area contributed by atoms with Crippen LogP contribution in [0.4, 0.5) is 59.5 Å². The number of methoxy groups -OCH3 is 4. The fraction of sp³-hybridized carbons (Fsp3) is 0.600. The van der Waals surface area contributed by atoms with Crippen molar-refractivity contribution in [3.63, 3.8) is 0 Å². The summed E-state index contributed by atoms with van der Waals surface area (Å²) < 4.78 is 85.5. The second kappa shape index (κ2) is 45.0. The van der Waals surface area contributed by atoms with Crippen LogP contribution >= 0.6 is 23.2 Å². The highest BCUT2D eigenvalue weighted by Gasteiger charge is 2.46. The predicted octanol–water partition coefficient (Wildman–Crippen LogP) is 22.9. The largest absolute Gasteiger partial charge is 0.452 e. The van der Waals surface area contributed by atoms with Crippen LogP contribution in [0.2, 0.25) is 10.0 Å². The van der Waals surface area contributed by atoms with Crippen molar-refractivity contribution in [2.45, 2.75) is 358 Å². The zero-order valence-corrected chi connectivity index (χ0v) is 87.6. The lowest BCUT2D eigenvalue weighted by atomic mass is 9.81. The first-order chi connectivity index (χ1) is 70.3. The molecule has 6 saturated carbocycles. The monoisotopic (exact) mass is 2070 g/mol. The maximum Gasteiger partial charge on any atom is 0.414 e. The number of carbonyl (C=O) groups excluding carboxylic acids is 8. The average Bonchev–Trinajstić information content (AvgIpc) is 1.56. The van der Waals surface area contributed by atoms with E-state index in [0.29, 0.717) is 77.6 Å². The van der Waals surface area contributed by atoms with Crippen LogP contribution in [0.5, 0.6) is 0 Å². The first kappa shape index (κ1) is 107. The third-order valence-corrected chi connectivity index (χ3v) is 33.9. The molecule has 0 saturated heterocycles. The molecule has 792 valence electrons. The zero-order chi connectivity index (χ0) is 105. The number of aromatic nitrogens is 11. The maximum atomic E-state index is 13.9. The quantitative estimate of drug-likeness (QED) is 0.0458. The van der Waals surface area contributed by atoms with Gasteiger partial charge in [0.05, 0.1) is 124 Å². The van der Waals surface area contributed by atoms with Gasteiger partial charge in [-0.15, -0.1) is 0 Å². The van der Waals surface area contributed by atoms with Crippen LogP contribution in [0, 0.1) is 35.5 Å². The summed E-state index contributed by atoms with van der Waals surface area (Å²) in [7, 11) is 5.52. The SMILES string of the molecule is COC(=O)N1c2ccc3c(nc([C@@H](O)Cn4cc(Cl)cn4)n3[C@@H]3CCC[C@@H](C(C)=O)C3)c2CC[C@@H]1C.COC(=O)N1c2ccc3c(nc([C@H](O)C4CCC(F)(F)CC4)n3[C@@H]3CCC[C@@H](C(C)=O)C3)c2CC[C@@H]1C.COC(=O)N1c2ccc3c(nc([C@H](O)CC4CCC(F)(F)CC4)n3[C@@H]3CCC[C@@H](C(C)=O)C3)c2CC[C@@H]1C.COC(=O)N1c2ccc3c(nc([C@H](O)c4ccc(Cl)cn4)n3[C@@H]3CCC[C@@H](C(C)=O)C3)c2CC[C@@H]1C. The molecule has 37 heteroatoms. The van der Waals surface area contributed by atoms with Gasteiger partial charge in [0.1, 0.15) is 64.7 Å². The first-order valence-corrected chi connectivity index (χ1v) is 53.5. The fourth-order valence-corrected chi connectivity index (χ4v) is 25.6. The predicted molar refractivity (Wildman–Crippen MR) is 550 cm³/mol. The molecule has 20 rings (SSSR count). The number of benzene rings is 4. The van der Waals surface area contributed by atoms with Crippen molar-refractivity contribution in [3.8, 4) is 0 Å². The maximum absolute atomic E-state index is 13.9. The number of anilines is 4. The number of nitrogens with zero attached hydrogens (tertiary/aromatic N) is 15. The van der Waals surface area contributed by atoms with E-state index in [2.05, 4.69) is 28.4 Å². The van der Waals surface area contributed by atoms with E-state index in [0.717, 1.165) is 224 Å². The Bertz CT molecular complexity index is 6540. The molecule has 31 nitrogen and oxygen atoms in total. The van der Waals surface area contributed by atoms with E-state index in [1.165, 1.54) is 40.8 Å². The summed E-state index contributed by atoms with van der Waals surface area (Å²) in [4.78, 5) is 130. The number of carbonyl (C=O) groups is 8. The van der Waals surface area contributed by atoms with E-state index < -0.39 is 60.6 Å². The summed E-state index contributed by atoms with van der Waals surface area (Å²) in [6.07, 6.45) is 19.7. The van der Waals surface area contributed by atoms with Gasteiger partial charge >= 0.3 is 24.4 Å². The number of hydrogen-bond acceptors (Lipinski definition) is 22. The third kappa shape index (κ3) is 22.2. The van der Waals surface area contributed by atoms with Gasteiger partial charge in [-0.2, -0.15) is 5.10 Å². The van der Waals surface area contributed by atoms with Gasteiger partial charge in [-0.05, 0) is 288 Å². The van der Waals surface area contributed by atoms with Gasteiger partial charge in [0, 0.05) is 132 Å². The molecule has 10 aliphatic rings. The summed E-state index contributed by atoms with van der Waals surface area (Å²) in [6, 6.07) is 19.0. The molecule has 4 amide bonds. The molecule has 4 aromatic carbocycles. The Morgan fingerprint density at radius 3 is 1.03 bits per heavy atom. The van der Waals surface area contributed by atoms with Gasteiger partial charge in [-0.1, -0.05) is 48.9 Å². The molecule has 4 N–H and O–H groups in total. The standard InChI is InChI=1S/C29H39F2N3O4.C28H37F2N3O4.C27H31ClN4O4.C26H32ClN5O4/c1-17-7-8-22-23(33(17)28(37)38-3)9-10-24-26(22)32-27(25(36)15-19-11-13-29(30,31)14-12-19)34(24)21-6-4-5-20(16-21)18(2)35;1-16-7-8-21-22(32(16)27(36)37-3)9-10-23-24(21)31-26(25(35)18-11-13-28(29,30)14-12-18)33(23)20-6-4-5-19(15-20)17(2)34;1-15-7-9-20-22(31(15)27(35)36-3)11-12-23-24(20)30-26(25(34)21-10-8-18(28)14-29-21)32(23)19-6-4-5-17(13-19)16(2)33;1-15-7-8-20-21(31(15)26(35)36-3)9-10-22-24(20)29-25(23(34)14-30-13-18(27)12-28-30)32(22)19-6-4-5-17(11-19)16(2)33/h9-10,17,19-21,25,36H,4-8,11-16H2,1-3H3;9-10,16,18-20,25,35H,4-8,11-15H2,1-3H3;8,10-12,14-15,17,19,25,34H,4-7,9,13H2,1-3H3;9-10,12-13,15,17,19,23,34H,4-8,11,14H2,1-3H3/t17-,20+,21+,25+;16-,19+,20+,25+;15-,17+,19+,25+;15-,17+,19+,23-/m0000/s1. The van der Waals surface area contributed by atoms with Crippen molar-refractivity contribution in [2.24, 2.45) is 35.5 Å². The van der Waals surface area contributed by atoms with E-state index in [4.69, 9.17) is 62.1 Å². The summed E-state index contributed by atoms with van der Waals surface area (Å²) in [6.45, 7) is 14.8. The van der Waals surface area contributed by atoms with Crippen LogP contribution in [-0.4, -0.2) is 185 Å². The minimum atomic E-state index is -2.68. The Hall–Kier alpha value is -11.0. The van der Waals surface area contributed by atoms with Crippen LogP contribution < -0.4 is 19.6 Å². The molecule has 10 aromatic rings. The lowest BCUT2D eigenvalue weighted by Gasteiger charge is -2.35. The normalized spacial score (nSPS) is 24.9. The third-order valence-electron chi connectivity index (χ3n) is 33.5. The van der Waals surface area contributed by atoms with Crippen molar-refractivity contribution in [3.05, 3.63) is 141 Å². The minimum absolute atomic E-state index is 0.00230. The van der Waals surface area contributed by atoms with Crippen molar-refractivity contribution in [2.75, 3.05) is 48.0 Å². The van der Waals surface area contributed by atoms with E-state index in [1.807, 2.05) is 76.2 Å². The van der Waals surface area contributed by atoms with Crippen molar-refractivity contribution in [1.29, 1.82) is 0 Å². The van der Waals surface area contributed by atoms with E-state index in [-0.39, 0.29) is 152 Å². The van der Waals surface area contributed by atoms with Crippen LogP contribution in [0.3, 0.4) is 0 Å². The number of hydrogen-bond donors (Lipinski definition) is 4. The number of Topliss-reactive ketones (excluding diaryl/α,β-unsaturated/α-hetero) is 4. The zero-order valence-electron chi connectivity index (χ0n) is 86.1. The summed E-state index contributed by atoms with van der Waals surface area (Å²) in [5, 5.41) is 51.1. The number of imidazole rings is 4. The smallest absolute Gasteiger partial charge is 0.414 e. The number of halogens is 6. The van der Waals surface area contributed by atoms with E-state index >= 15 is 0 Å². The molecule has 147 heavy (non-hydrogen) atoms. The number of ether oxygens (including phenoxy) is 4. The highest BCUT2D eigenvalue weighted by atomic mass is 35.5. The number of aliphatic hydroxyl groups excluding tert-OH is 4. The second-order valence-corrected chi connectivity index (χ2v) is 43.8. The number of alkyl halides is 4. The molecule has 10 heterocycles. The van der Waals surface area contributed by atoms with Crippen LogP contribution in [0.1, 0.15) is 341 Å². The Morgan fingerprint density at radius 1 is 0.395 bits per heavy atom. The summed E-state index contributed by atoms with van der Waals surface area (Å²) in [5.74, 6) is -2.80. The van der Waals surface area contributed by atoms with E-state index in [1.54, 1.807) is 70.3 Å².